The highest BCUT2D eigenvalue weighted by Gasteiger charge is 2.47. The van der Waals surface area contributed by atoms with Crippen LogP contribution in [0, 0.1) is 6.92 Å². The molecule has 4 rings (SSSR count). The number of amides is 1. The Morgan fingerprint density at radius 3 is 2.30 bits per heavy atom. The van der Waals surface area contributed by atoms with E-state index in [4.69, 9.17) is 9.47 Å². The lowest BCUT2D eigenvalue weighted by Crippen LogP contribution is -2.29. The zero-order chi connectivity index (χ0) is 26.7. The normalized spacial score (nSPS) is 16.6. The summed E-state index contributed by atoms with van der Waals surface area (Å²) in [4.78, 5) is 39.9. The molecule has 37 heavy (non-hydrogen) atoms. The van der Waals surface area contributed by atoms with Gasteiger partial charge in [-0.2, -0.15) is 0 Å². The first-order valence-electron chi connectivity index (χ1n) is 11.7. The number of ether oxygens (including phenoxy) is 2. The van der Waals surface area contributed by atoms with Crippen LogP contribution >= 0.6 is 0 Å². The van der Waals surface area contributed by atoms with Gasteiger partial charge in [0.2, 0.25) is 0 Å². The molecule has 0 saturated carbocycles. The molecule has 0 radical (unpaired) electrons. The minimum atomic E-state index is -0.971. The molecule has 0 bridgehead atoms. The van der Waals surface area contributed by atoms with Gasteiger partial charge < -0.3 is 19.7 Å². The minimum Gasteiger partial charge on any atom is -0.508 e. The Kier molecular flexibility index (Phi) is 7.29. The van der Waals surface area contributed by atoms with Gasteiger partial charge in [-0.1, -0.05) is 35.9 Å². The van der Waals surface area contributed by atoms with Gasteiger partial charge in [0.25, 0.3) is 11.7 Å². The van der Waals surface area contributed by atoms with E-state index in [2.05, 4.69) is 0 Å². The number of phenolic OH excluding ortho intramolecular Hbond substituents is 1. The van der Waals surface area contributed by atoms with Crippen molar-refractivity contribution in [2.24, 2.45) is 0 Å². The molecule has 0 aliphatic carbocycles. The van der Waals surface area contributed by atoms with Gasteiger partial charge in [-0.15, -0.1) is 0 Å². The monoisotopic (exact) mass is 501 g/mol. The molecule has 8 nitrogen and oxygen atoms in total. The number of methoxy groups -OCH3 is 1. The average Bonchev–Trinajstić information content (AvgIpc) is 3.15. The number of phenols is 1. The number of benzene rings is 3. The van der Waals surface area contributed by atoms with Crippen LogP contribution in [-0.2, 0) is 25.5 Å². The molecule has 3 aromatic carbocycles. The fraction of sp³-hybridized carbons (Fsp3) is 0.207. The lowest BCUT2D eigenvalue weighted by molar-refractivity contribution is -0.142. The first-order valence-corrected chi connectivity index (χ1v) is 11.7. The first-order chi connectivity index (χ1) is 17.7. The smallest absolute Gasteiger partial charge is 0.310 e. The van der Waals surface area contributed by atoms with E-state index in [1.807, 2.05) is 13.0 Å². The molecule has 1 heterocycles. The molecular weight excluding hydrogens is 474 g/mol. The number of aromatic hydroxyl groups is 1. The van der Waals surface area contributed by atoms with Crippen LogP contribution in [-0.4, -0.2) is 41.6 Å². The summed E-state index contributed by atoms with van der Waals surface area (Å²) in [6.45, 7) is 3.84. The predicted octanol–water partition coefficient (Wildman–Crippen LogP) is 4.44. The maximum absolute atomic E-state index is 13.4. The number of hydrogen-bond acceptors (Lipinski definition) is 7. The second-order valence-electron chi connectivity index (χ2n) is 8.61. The Morgan fingerprint density at radius 1 is 1.00 bits per heavy atom. The zero-order valence-corrected chi connectivity index (χ0v) is 20.7. The van der Waals surface area contributed by atoms with Crippen LogP contribution in [0.15, 0.2) is 72.3 Å². The molecule has 1 aliphatic rings. The number of ketones is 1. The van der Waals surface area contributed by atoms with E-state index in [0.717, 1.165) is 5.56 Å². The number of carbonyl (C=O) groups is 3. The van der Waals surface area contributed by atoms with Crippen molar-refractivity contribution >= 4 is 29.1 Å². The van der Waals surface area contributed by atoms with Crippen LogP contribution in [0.5, 0.6) is 11.5 Å². The summed E-state index contributed by atoms with van der Waals surface area (Å²) in [5.41, 5.74) is 2.62. The molecule has 0 spiro atoms. The summed E-state index contributed by atoms with van der Waals surface area (Å²) in [6.07, 6.45) is 0.0709. The molecule has 1 amide bonds. The molecule has 1 fully saturated rings. The summed E-state index contributed by atoms with van der Waals surface area (Å²) in [6, 6.07) is 16.9. The summed E-state index contributed by atoms with van der Waals surface area (Å²) < 4.78 is 10.4. The maximum Gasteiger partial charge on any atom is 0.310 e. The SMILES string of the molecule is CCOC(=O)Cc1ccc(N2C(=O)C(=O)/C(=C(/O)c3cc(C)ccc3OC)C2c2ccc(O)cc2)cc1. The van der Waals surface area contributed by atoms with E-state index < -0.39 is 17.7 Å². The van der Waals surface area contributed by atoms with Crippen molar-refractivity contribution in [3.8, 4) is 11.5 Å². The fourth-order valence-electron chi connectivity index (χ4n) is 4.38. The van der Waals surface area contributed by atoms with Crippen molar-refractivity contribution in [3.05, 3.63) is 94.6 Å². The van der Waals surface area contributed by atoms with Gasteiger partial charge in [0, 0.05) is 5.69 Å². The number of Topliss-reactive ketones (excluding diaryl/α,β-unsaturated/α-hetero) is 1. The molecule has 0 aromatic heterocycles. The summed E-state index contributed by atoms with van der Waals surface area (Å²) in [7, 11) is 1.45. The topological polar surface area (TPSA) is 113 Å². The third-order valence-corrected chi connectivity index (χ3v) is 6.13. The number of aryl methyl sites for hydroxylation is 1. The lowest BCUT2D eigenvalue weighted by Gasteiger charge is -2.26. The lowest BCUT2D eigenvalue weighted by atomic mass is 9.94. The molecule has 1 atom stereocenters. The Morgan fingerprint density at radius 2 is 1.68 bits per heavy atom. The van der Waals surface area contributed by atoms with Crippen LogP contribution < -0.4 is 9.64 Å². The van der Waals surface area contributed by atoms with Gasteiger partial charge in [0.15, 0.2) is 0 Å². The van der Waals surface area contributed by atoms with Crippen LogP contribution in [0.25, 0.3) is 5.76 Å². The number of aliphatic hydroxyl groups is 1. The third-order valence-electron chi connectivity index (χ3n) is 6.13. The van der Waals surface area contributed by atoms with Crippen LogP contribution in [0.4, 0.5) is 5.69 Å². The molecule has 190 valence electrons. The highest BCUT2D eigenvalue weighted by molar-refractivity contribution is 6.51. The third kappa shape index (κ3) is 5.04. The second kappa shape index (κ2) is 10.6. The van der Waals surface area contributed by atoms with Crippen molar-refractivity contribution in [1.82, 2.24) is 0 Å². The molecular formula is C29H27NO7. The number of carbonyl (C=O) groups excluding carboxylic acids is 3. The fourth-order valence-corrected chi connectivity index (χ4v) is 4.38. The number of rotatable bonds is 7. The van der Waals surface area contributed by atoms with E-state index in [1.54, 1.807) is 55.5 Å². The Hall–Kier alpha value is -4.59. The summed E-state index contributed by atoms with van der Waals surface area (Å²) >= 11 is 0. The Labute approximate surface area is 214 Å². The van der Waals surface area contributed by atoms with Crippen molar-refractivity contribution in [2.75, 3.05) is 18.6 Å². The van der Waals surface area contributed by atoms with E-state index in [0.29, 0.717) is 22.6 Å². The predicted molar refractivity (Wildman–Crippen MR) is 137 cm³/mol. The quantitative estimate of drug-likeness (QED) is 0.213. The molecule has 1 saturated heterocycles. The molecule has 3 aromatic rings. The number of anilines is 1. The molecule has 8 heteroatoms. The van der Waals surface area contributed by atoms with Crippen LogP contribution in [0.2, 0.25) is 0 Å². The van der Waals surface area contributed by atoms with Gasteiger partial charge in [-0.05, 0) is 61.4 Å². The van der Waals surface area contributed by atoms with Crippen LogP contribution in [0.3, 0.4) is 0 Å². The van der Waals surface area contributed by atoms with Gasteiger partial charge in [0.05, 0.1) is 37.3 Å². The van der Waals surface area contributed by atoms with Gasteiger partial charge >= 0.3 is 5.97 Å². The number of hydrogen-bond donors (Lipinski definition) is 2. The standard InChI is InChI=1S/C29H27NO7/c1-4-37-24(32)16-18-6-10-20(11-7-18)30-26(19-8-12-21(31)13-9-19)25(28(34)29(30)35)27(33)22-15-17(2)5-14-23(22)36-3/h5-15,26,31,33H,4,16H2,1-3H3/b27-25+. The average molecular weight is 502 g/mol. The van der Waals surface area contributed by atoms with E-state index >= 15 is 0 Å². The first kappa shape index (κ1) is 25.5. The Balaban J connectivity index is 1.85. The molecule has 1 aliphatic heterocycles. The zero-order valence-electron chi connectivity index (χ0n) is 20.7. The minimum absolute atomic E-state index is 0.0179. The van der Waals surface area contributed by atoms with Crippen molar-refractivity contribution in [1.29, 1.82) is 0 Å². The molecule has 1 unspecified atom stereocenters. The number of aliphatic hydroxyl groups excluding tert-OH is 1. The van der Waals surface area contributed by atoms with E-state index in [1.165, 1.54) is 24.1 Å². The molecule has 2 N–H and O–H groups in total. The summed E-state index contributed by atoms with van der Waals surface area (Å²) in [5, 5.41) is 21.2. The Bertz CT molecular complexity index is 1370. The second-order valence-corrected chi connectivity index (χ2v) is 8.61. The maximum atomic E-state index is 13.4. The van der Waals surface area contributed by atoms with Gasteiger partial charge in [-0.25, -0.2) is 0 Å². The van der Waals surface area contributed by atoms with Gasteiger partial charge in [0.1, 0.15) is 17.3 Å². The highest BCUT2D eigenvalue weighted by atomic mass is 16.5. The van der Waals surface area contributed by atoms with Crippen LogP contribution in [0.1, 0.15) is 35.2 Å². The van der Waals surface area contributed by atoms with Crippen molar-refractivity contribution in [3.63, 3.8) is 0 Å². The number of nitrogens with zero attached hydrogens (tertiary/aromatic N) is 1. The van der Waals surface area contributed by atoms with Crippen molar-refractivity contribution in [2.45, 2.75) is 26.3 Å². The van der Waals surface area contributed by atoms with E-state index in [9.17, 15) is 24.6 Å². The van der Waals surface area contributed by atoms with Crippen molar-refractivity contribution < 1.29 is 34.1 Å². The van der Waals surface area contributed by atoms with E-state index in [-0.39, 0.29) is 41.6 Å². The number of esters is 1. The van der Waals surface area contributed by atoms with Gasteiger partial charge in [-0.3, -0.25) is 19.3 Å². The highest BCUT2D eigenvalue weighted by Crippen LogP contribution is 2.43. The largest absolute Gasteiger partial charge is 0.508 e. The summed E-state index contributed by atoms with van der Waals surface area (Å²) in [5.74, 6) is -2.03.